The van der Waals surface area contributed by atoms with Gasteiger partial charge in [-0.25, -0.2) is 9.59 Å². The summed E-state index contributed by atoms with van der Waals surface area (Å²) in [5.41, 5.74) is -2.97. The number of carboxylic acid groups (broad SMARTS) is 4. The fourth-order valence-corrected chi connectivity index (χ4v) is 2.16. The topological polar surface area (TPSA) is 149 Å². The van der Waals surface area contributed by atoms with Crippen molar-refractivity contribution in [3.05, 3.63) is 11.1 Å². The fraction of sp³-hybridized carbons (Fsp3) is 0.455. The quantitative estimate of drug-likeness (QED) is 0.560. The molecule has 0 radical (unpaired) electrons. The van der Waals surface area contributed by atoms with Gasteiger partial charge in [-0.1, -0.05) is 0 Å². The third-order valence-corrected chi connectivity index (χ3v) is 3.39. The minimum absolute atomic E-state index is 0.557. The molecule has 0 bridgehead atoms. The Morgan fingerprint density at radius 3 is 1.79 bits per heavy atom. The van der Waals surface area contributed by atoms with Crippen LogP contribution >= 0.6 is 0 Å². The van der Waals surface area contributed by atoms with Crippen molar-refractivity contribution in [2.24, 2.45) is 11.3 Å². The van der Waals surface area contributed by atoms with Crippen LogP contribution in [-0.2, 0) is 19.2 Å². The van der Waals surface area contributed by atoms with E-state index in [1.807, 2.05) is 0 Å². The molecule has 1 aliphatic rings. The Balaban J connectivity index is 3.43. The lowest BCUT2D eigenvalue weighted by Gasteiger charge is -2.35. The van der Waals surface area contributed by atoms with Crippen LogP contribution in [0, 0.1) is 11.3 Å². The summed E-state index contributed by atoms with van der Waals surface area (Å²) < 4.78 is 0. The van der Waals surface area contributed by atoms with Gasteiger partial charge in [0.25, 0.3) is 0 Å². The normalized spacial score (nSPS) is 26.9. The van der Waals surface area contributed by atoms with Crippen LogP contribution in [0.4, 0.5) is 0 Å². The van der Waals surface area contributed by atoms with Gasteiger partial charge in [-0.2, -0.15) is 0 Å². The molecule has 2 atom stereocenters. The highest BCUT2D eigenvalue weighted by Gasteiger charge is 2.51. The largest absolute Gasteiger partial charge is 0.481 e. The van der Waals surface area contributed by atoms with Crippen molar-refractivity contribution in [1.82, 2.24) is 0 Å². The van der Waals surface area contributed by atoms with E-state index < -0.39 is 59.2 Å². The first-order valence-electron chi connectivity index (χ1n) is 5.26. The maximum atomic E-state index is 11.2. The molecule has 0 saturated heterocycles. The summed E-state index contributed by atoms with van der Waals surface area (Å²) >= 11 is 0. The predicted octanol–water partition coefficient (Wildman–Crippen LogP) is 0.0377. The van der Waals surface area contributed by atoms with E-state index >= 15 is 0 Å². The lowest BCUT2D eigenvalue weighted by atomic mass is 9.65. The lowest BCUT2D eigenvalue weighted by Crippen LogP contribution is -2.45. The molecule has 2 unspecified atom stereocenters. The Morgan fingerprint density at radius 2 is 1.47 bits per heavy atom. The van der Waals surface area contributed by atoms with E-state index in [-0.39, 0.29) is 0 Å². The standard InChI is InChI=1S/C11H12O8/c1-11(10(18)19)3-5(8(14)15)4(7(12)13)2-6(11)9(16)17/h6H,2-3H2,1H3,(H,12,13)(H,14,15)(H,16,17)(H,18,19). The molecular weight excluding hydrogens is 260 g/mol. The summed E-state index contributed by atoms with van der Waals surface area (Å²) in [5, 5.41) is 36.0. The first-order valence-corrected chi connectivity index (χ1v) is 5.26. The third-order valence-electron chi connectivity index (χ3n) is 3.39. The Kier molecular flexibility index (Phi) is 3.64. The van der Waals surface area contributed by atoms with Crippen LogP contribution < -0.4 is 0 Å². The molecule has 0 heterocycles. The summed E-state index contributed by atoms with van der Waals surface area (Å²) in [6, 6.07) is 0. The van der Waals surface area contributed by atoms with E-state index in [9.17, 15) is 19.2 Å². The summed E-state index contributed by atoms with van der Waals surface area (Å²) in [6.07, 6.45) is -1.27. The molecule has 1 rings (SSSR count). The van der Waals surface area contributed by atoms with Gasteiger partial charge in [0.05, 0.1) is 11.3 Å². The Labute approximate surface area is 107 Å². The summed E-state index contributed by atoms with van der Waals surface area (Å²) in [6.45, 7) is 1.11. The number of carbonyl (C=O) groups is 4. The van der Waals surface area contributed by atoms with Crippen LogP contribution in [0.1, 0.15) is 19.8 Å². The van der Waals surface area contributed by atoms with E-state index in [4.69, 9.17) is 20.4 Å². The number of rotatable bonds is 4. The molecule has 0 amide bonds. The molecule has 8 nitrogen and oxygen atoms in total. The van der Waals surface area contributed by atoms with Gasteiger partial charge in [0.15, 0.2) is 0 Å². The van der Waals surface area contributed by atoms with Crippen LogP contribution in [0.3, 0.4) is 0 Å². The fourth-order valence-electron chi connectivity index (χ4n) is 2.16. The van der Waals surface area contributed by atoms with Crippen molar-refractivity contribution in [3.8, 4) is 0 Å². The second-order valence-corrected chi connectivity index (χ2v) is 4.56. The van der Waals surface area contributed by atoms with Crippen molar-refractivity contribution in [2.75, 3.05) is 0 Å². The van der Waals surface area contributed by atoms with Crippen LogP contribution in [0.15, 0.2) is 11.1 Å². The molecule has 1 aliphatic carbocycles. The molecule has 0 spiro atoms. The van der Waals surface area contributed by atoms with Gasteiger partial charge in [0, 0.05) is 11.1 Å². The second kappa shape index (κ2) is 4.71. The van der Waals surface area contributed by atoms with Crippen LogP contribution in [0.25, 0.3) is 0 Å². The van der Waals surface area contributed by atoms with Crippen LogP contribution in [0.5, 0.6) is 0 Å². The van der Waals surface area contributed by atoms with Gasteiger partial charge in [-0.3, -0.25) is 9.59 Å². The molecule has 0 aromatic heterocycles. The SMILES string of the molecule is CC1(C(=O)O)CC(C(=O)O)=C(C(=O)O)CC1C(=O)O. The van der Waals surface area contributed by atoms with E-state index in [0.717, 1.165) is 6.92 Å². The van der Waals surface area contributed by atoms with E-state index in [1.165, 1.54) is 0 Å². The van der Waals surface area contributed by atoms with Gasteiger partial charge < -0.3 is 20.4 Å². The van der Waals surface area contributed by atoms with Crippen LogP contribution in [0.2, 0.25) is 0 Å². The highest BCUT2D eigenvalue weighted by Crippen LogP contribution is 2.44. The van der Waals surface area contributed by atoms with Crippen molar-refractivity contribution >= 4 is 23.9 Å². The first-order chi connectivity index (χ1) is 8.61. The number of hydrogen-bond donors (Lipinski definition) is 4. The zero-order chi connectivity index (χ0) is 15.0. The van der Waals surface area contributed by atoms with Crippen molar-refractivity contribution in [2.45, 2.75) is 19.8 Å². The molecular formula is C11H12O8. The summed E-state index contributed by atoms with van der Waals surface area (Å²) in [5.74, 6) is -7.51. The van der Waals surface area contributed by atoms with E-state index in [0.29, 0.717) is 0 Å². The molecule has 0 fully saturated rings. The maximum absolute atomic E-state index is 11.2. The van der Waals surface area contributed by atoms with Gasteiger partial charge in [-0.15, -0.1) is 0 Å². The highest BCUT2D eigenvalue weighted by atomic mass is 16.4. The molecule has 0 aromatic rings. The predicted molar refractivity (Wildman–Crippen MR) is 58.4 cm³/mol. The van der Waals surface area contributed by atoms with E-state index in [2.05, 4.69) is 0 Å². The van der Waals surface area contributed by atoms with Gasteiger partial charge >= 0.3 is 23.9 Å². The molecule has 0 aliphatic heterocycles. The average Bonchev–Trinajstić information content (AvgIpc) is 2.27. The minimum atomic E-state index is -1.85. The molecule has 4 N–H and O–H groups in total. The molecule has 104 valence electrons. The monoisotopic (exact) mass is 272 g/mol. The number of aliphatic carboxylic acids is 4. The Bertz CT molecular complexity index is 503. The smallest absolute Gasteiger partial charge is 0.332 e. The molecule has 0 saturated carbocycles. The second-order valence-electron chi connectivity index (χ2n) is 4.56. The molecule has 8 heteroatoms. The first kappa shape index (κ1) is 14.7. The minimum Gasteiger partial charge on any atom is -0.481 e. The van der Waals surface area contributed by atoms with Gasteiger partial charge in [0.1, 0.15) is 0 Å². The average molecular weight is 272 g/mol. The number of hydrogen-bond acceptors (Lipinski definition) is 4. The Hall–Kier alpha value is -2.38. The third kappa shape index (κ3) is 2.42. The summed E-state index contributed by atoms with van der Waals surface area (Å²) in [4.78, 5) is 44.3. The molecule has 19 heavy (non-hydrogen) atoms. The number of carboxylic acids is 4. The van der Waals surface area contributed by atoms with Gasteiger partial charge in [-0.05, 0) is 19.8 Å². The Morgan fingerprint density at radius 1 is 1.00 bits per heavy atom. The molecule has 0 aromatic carbocycles. The summed E-state index contributed by atoms with van der Waals surface area (Å²) in [7, 11) is 0. The van der Waals surface area contributed by atoms with Crippen molar-refractivity contribution in [3.63, 3.8) is 0 Å². The zero-order valence-electron chi connectivity index (χ0n) is 9.91. The highest BCUT2D eigenvalue weighted by molar-refractivity contribution is 6.01. The maximum Gasteiger partial charge on any atom is 0.332 e. The van der Waals surface area contributed by atoms with Crippen LogP contribution in [-0.4, -0.2) is 44.3 Å². The van der Waals surface area contributed by atoms with Gasteiger partial charge in [0.2, 0.25) is 0 Å². The zero-order valence-corrected chi connectivity index (χ0v) is 9.91. The van der Waals surface area contributed by atoms with Crippen molar-refractivity contribution in [1.29, 1.82) is 0 Å². The van der Waals surface area contributed by atoms with E-state index in [1.54, 1.807) is 0 Å². The van der Waals surface area contributed by atoms with Crippen molar-refractivity contribution < 1.29 is 39.6 Å². The lowest BCUT2D eigenvalue weighted by molar-refractivity contribution is -0.163.